The Labute approximate surface area is 429 Å². The van der Waals surface area contributed by atoms with Crippen molar-refractivity contribution in [3.8, 4) is 0 Å². The van der Waals surface area contributed by atoms with E-state index in [-0.39, 0.29) is 25.2 Å². The lowest BCUT2D eigenvalue weighted by Gasteiger charge is -2.38. The highest BCUT2D eigenvalue weighted by Crippen LogP contribution is 2.45. The van der Waals surface area contributed by atoms with E-state index in [4.69, 9.17) is 9.47 Å². The maximum Gasteiger partial charge on any atom is 0.408 e. The monoisotopic (exact) mass is 988 g/mol. The van der Waals surface area contributed by atoms with E-state index in [0.717, 1.165) is 44.3 Å². The minimum Gasteiger partial charge on any atom is -0.457 e. The van der Waals surface area contributed by atoms with E-state index in [0.29, 0.717) is 5.56 Å². The Morgan fingerprint density at radius 3 is 1.70 bits per heavy atom. The fourth-order valence-electron chi connectivity index (χ4n) is 9.75. The molecule has 0 spiro atoms. The third-order valence-electron chi connectivity index (χ3n) is 13.1. The van der Waals surface area contributed by atoms with Gasteiger partial charge in [-0.1, -0.05) is 200 Å². The molecule has 0 bridgehead atoms. The molecule has 2 N–H and O–H groups in total. The third-order valence-corrected chi connectivity index (χ3v) is 14.4. The van der Waals surface area contributed by atoms with Crippen molar-refractivity contribution < 1.29 is 33.4 Å². The Hall–Kier alpha value is -8.22. The Morgan fingerprint density at radius 1 is 0.630 bits per heavy atom. The molecule has 9 rings (SSSR count). The van der Waals surface area contributed by atoms with E-state index >= 15 is 4.79 Å². The molecular formula is C61H56N4O7S. The van der Waals surface area contributed by atoms with Crippen molar-refractivity contribution in [2.24, 2.45) is 5.92 Å². The number of alkyl carbamates (subject to hydrolysis) is 1. The van der Waals surface area contributed by atoms with Crippen LogP contribution in [0.15, 0.2) is 212 Å². The number of hydrogen-bond acceptors (Lipinski definition) is 8. The quantitative estimate of drug-likeness (QED) is 0.0376. The van der Waals surface area contributed by atoms with Crippen LogP contribution in [0.2, 0.25) is 0 Å². The Kier molecular flexibility index (Phi) is 15.6. The van der Waals surface area contributed by atoms with Gasteiger partial charge in [0.05, 0.1) is 6.10 Å². The summed E-state index contributed by atoms with van der Waals surface area (Å²) in [6.07, 6.45) is -0.355. The first-order chi connectivity index (χ1) is 35.6. The van der Waals surface area contributed by atoms with E-state index in [9.17, 15) is 19.2 Å². The van der Waals surface area contributed by atoms with Crippen molar-refractivity contribution in [1.82, 2.24) is 20.1 Å². The van der Waals surface area contributed by atoms with Crippen LogP contribution in [-0.4, -0.2) is 63.2 Å². The van der Waals surface area contributed by atoms with Crippen LogP contribution < -0.4 is 10.6 Å². The zero-order valence-corrected chi connectivity index (χ0v) is 41.4. The van der Waals surface area contributed by atoms with Crippen LogP contribution in [0.5, 0.6) is 0 Å². The molecule has 0 unspecified atom stereocenters. The number of carbonyl (C=O) groups excluding carboxylic acids is 5. The number of thioether (sulfide) groups is 1. The number of nitrogens with one attached hydrogen (secondary N) is 2. The van der Waals surface area contributed by atoms with Gasteiger partial charge in [-0.2, -0.15) is 0 Å². The second-order valence-electron chi connectivity index (χ2n) is 18.2. The van der Waals surface area contributed by atoms with E-state index in [2.05, 4.69) is 63.9 Å². The standard InChI is InChI=1S/C61H56N4O7S/c1-42(2)72-59(69)55(66)51(37-43-23-9-3-10-24-43)56(67)63-54-41-73-58(45-27-13-5-14-28-45)65(54)57(68)52(62-60(70)71-40-44-25-11-4-12-26-44)38-46-39-64(53-36-22-21-35-50(46)53)61(47-29-15-6-16-30-47,48-31-17-7-18-32-48)49-33-19-8-20-34-49/h3-36,39,42,51-52,54,58H,37-38,40-41H2,1-2H3,(H,62,70)(H,63,67)/t51-,52-,54+,58+/m0/s1. The normalized spacial score (nSPS) is 15.3. The van der Waals surface area contributed by atoms with Gasteiger partial charge in [0.15, 0.2) is 0 Å². The molecule has 11 nitrogen and oxygen atoms in total. The molecule has 368 valence electrons. The van der Waals surface area contributed by atoms with E-state index < -0.39 is 64.8 Å². The molecule has 3 amide bonds. The highest BCUT2D eigenvalue weighted by Gasteiger charge is 2.45. The van der Waals surface area contributed by atoms with Crippen molar-refractivity contribution in [2.45, 2.75) is 62.5 Å². The van der Waals surface area contributed by atoms with Gasteiger partial charge in [0.25, 0.3) is 5.78 Å². The van der Waals surface area contributed by atoms with Crippen molar-refractivity contribution in [3.05, 3.63) is 251 Å². The summed E-state index contributed by atoms with van der Waals surface area (Å²) in [7, 11) is 0. The molecule has 1 aliphatic heterocycles. The first kappa shape index (κ1) is 49.7. The van der Waals surface area contributed by atoms with Crippen LogP contribution in [0.25, 0.3) is 10.9 Å². The smallest absolute Gasteiger partial charge is 0.408 e. The SMILES string of the molecule is CC(C)OC(=O)C(=O)[C@H](Cc1ccccc1)C(=O)N[C@H]1CS[C@H](c2ccccc2)N1C(=O)[C@H](Cc1cn(C(c2ccccc2)(c2ccccc2)c2ccccc2)c2ccccc12)NC(=O)OCc1ccccc1. The summed E-state index contributed by atoms with van der Waals surface area (Å²) in [5, 5.41) is 6.23. The molecule has 0 saturated carbocycles. The summed E-state index contributed by atoms with van der Waals surface area (Å²) in [5.41, 5.74) is 6.00. The van der Waals surface area contributed by atoms with Crippen molar-refractivity contribution in [1.29, 1.82) is 0 Å². The summed E-state index contributed by atoms with van der Waals surface area (Å²) in [6, 6.07) is 65.5. The van der Waals surface area contributed by atoms with Gasteiger partial charge < -0.3 is 29.6 Å². The topological polar surface area (TPSA) is 136 Å². The number of fused-ring (bicyclic) bond motifs is 1. The van der Waals surface area contributed by atoms with Crippen LogP contribution in [0.3, 0.4) is 0 Å². The Balaban J connectivity index is 1.14. The molecule has 12 heteroatoms. The summed E-state index contributed by atoms with van der Waals surface area (Å²) in [4.78, 5) is 73.3. The van der Waals surface area contributed by atoms with E-state index in [1.165, 1.54) is 11.8 Å². The molecule has 1 saturated heterocycles. The molecule has 8 aromatic rings. The molecule has 73 heavy (non-hydrogen) atoms. The van der Waals surface area contributed by atoms with E-state index in [1.807, 2.05) is 140 Å². The van der Waals surface area contributed by atoms with Gasteiger partial charge in [0.2, 0.25) is 11.8 Å². The molecule has 7 aromatic carbocycles. The van der Waals surface area contributed by atoms with Crippen LogP contribution in [0.4, 0.5) is 4.79 Å². The van der Waals surface area contributed by atoms with Gasteiger partial charge >= 0.3 is 12.1 Å². The molecule has 2 heterocycles. The molecule has 1 aliphatic rings. The minimum atomic E-state index is -1.46. The number of benzene rings is 7. The van der Waals surface area contributed by atoms with Gasteiger partial charge in [-0.15, -0.1) is 11.8 Å². The zero-order chi connectivity index (χ0) is 50.7. The molecule has 0 radical (unpaired) electrons. The fraction of sp³-hybridized carbons (Fsp3) is 0.197. The first-order valence-electron chi connectivity index (χ1n) is 24.4. The number of para-hydroxylation sites is 1. The maximum absolute atomic E-state index is 15.9. The predicted molar refractivity (Wildman–Crippen MR) is 284 cm³/mol. The van der Waals surface area contributed by atoms with Crippen LogP contribution >= 0.6 is 11.8 Å². The van der Waals surface area contributed by atoms with Gasteiger partial charge in [0, 0.05) is 29.3 Å². The number of carbonyl (C=O) groups is 5. The van der Waals surface area contributed by atoms with Gasteiger partial charge in [0.1, 0.15) is 35.6 Å². The second-order valence-corrected chi connectivity index (χ2v) is 19.4. The number of Topliss-reactive ketones (excluding diaryl/α,β-unsaturated/α-hetero) is 1. The van der Waals surface area contributed by atoms with Gasteiger partial charge in [-0.25, -0.2) is 9.59 Å². The summed E-state index contributed by atoms with van der Waals surface area (Å²) >= 11 is 1.44. The number of nitrogens with zero attached hydrogens (tertiary/aromatic N) is 2. The van der Waals surface area contributed by atoms with Crippen molar-refractivity contribution in [2.75, 3.05) is 5.75 Å². The van der Waals surface area contributed by atoms with Gasteiger partial charge in [-0.05, 0) is 65.3 Å². The largest absolute Gasteiger partial charge is 0.457 e. The lowest BCUT2D eigenvalue weighted by molar-refractivity contribution is -0.160. The van der Waals surface area contributed by atoms with Crippen LogP contribution in [0.1, 0.15) is 58.2 Å². The third kappa shape index (κ3) is 11.0. The Morgan fingerprint density at radius 2 is 1.14 bits per heavy atom. The molecule has 1 fully saturated rings. The molecule has 4 atom stereocenters. The number of ether oxygens (including phenoxy) is 2. The van der Waals surface area contributed by atoms with Crippen LogP contribution in [-0.2, 0) is 53.6 Å². The number of hydrogen-bond donors (Lipinski definition) is 2. The lowest BCUT2D eigenvalue weighted by Crippen LogP contribution is -2.57. The van der Waals surface area contributed by atoms with E-state index in [1.54, 1.807) is 43.0 Å². The van der Waals surface area contributed by atoms with Crippen molar-refractivity contribution in [3.63, 3.8) is 0 Å². The number of esters is 1. The predicted octanol–water partition coefficient (Wildman–Crippen LogP) is 10.4. The maximum atomic E-state index is 15.9. The highest BCUT2D eigenvalue weighted by molar-refractivity contribution is 7.99. The summed E-state index contributed by atoms with van der Waals surface area (Å²) < 4.78 is 13.4. The first-order valence-corrected chi connectivity index (χ1v) is 25.5. The summed E-state index contributed by atoms with van der Waals surface area (Å²) in [6.45, 7) is 3.22. The minimum absolute atomic E-state index is 0.0146. The number of aromatic nitrogens is 1. The van der Waals surface area contributed by atoms with Crippen LogP contribution in [0, 0.1) is 5.92 Å². The number of ketones is 1. The average molecular weight is 989 g/mol. The highest BCUT2D eigenvalue weighted by atomic mass is 32.2. The van der Waals surface area contributed by atoms with Gasteiger partial charge in [-0.3, -0.25) is 14.4 Å². The fourth-order valence-corrected chi connectivity index (χ4v) is 11.1. The molecule has 0 aliphatic carbocycles. The average Bonchev–Trinajstić information content (AvgIpc) is 4.02. The molecular weight excluding hydrogens is 933 g/mol. The van der Waals surface area contributed by atoms with Crippen molar-refractivity contribution >= 4 is 52.3 Å². The Bertz CT molecular complexity index is 3060. The molecule has 1 aromatic heterocycles. The summed E-state index contributed by atoms with van der Waals surface area (Å²) in [5.74, 6) is -4.57. The lowest BCUT2D eigenvalue weighted by atomic mass is 9.76. The zero-order valence-electron chi connectivity index (χ0n) is 40.6. The second kappa shape index (κ2) is 22.9. The number of amides is 3. The number of rotatable bonds is 18.